The second-order valence-electron chi connectivity index (χ2n) is 5.77. The summed E-state index contributed by atoms with van der Waals surface area (Å²) >= 11 is 0. The number of benzene rings is 1. The molecule has 2 unspecified atom stereocenters. The van der Waals surface area contributed by atoms with Gasteiger partial charge in [-0.25, -0.2) is 0 Å². The zero-order chi connectivity index (χ0) is 14.0. The molecule has 1 aliphatic rings. The Morgan fingerprint density at radius 1 is 1.32 bits per heavy atom. The monoisotopic (exact) mass is 258 g/mol. The van der Waals surface area contributed by atoms with Gasteiger partial charge in [0.2, 0.25) is 0 Å². The van der Waals surface area contributed by atoms with Gasteiger partial charge in [0.1, 0.15) is 5.75 Å². The second kappa shape index (κ2) is 5.63. The Labute approximate surface area is 115 Å². The Kier molecular flexibility index (Phi) is 4.11. The lowest BCUT2D eigenvalue weighted by Crippen LogP contribution is -2.29. The molecule has 0 aliphatic carbocycles. The van der Waals surface area contributed by atoms with E-state index in [9.17, 15) is 5.26 Å². The van der Waals surface area contributed by atoms with Crippen LogP contribution < -0.4 is 4.74 Å². The van der Waals surface area contributed by atoms with Gasteiger partial charge in [0.15, 0.2) is 0 Å². The fourth-order valence-electron chi connectivity index (χ4n) is 2.80. The number of nitrogens with zero attached hydrogens (tertiary/aromatic N) is 2. The van der Waals surface area contributed by atoms with Crippen LogP contribution in [0.25, 0.3) is 0 Å². The van der Waals surface area contributed by atoms with Crippen LogP contribution in [0, 0.1) is 23.2 Å². The van der Waals surface area contributed by atoms with Gasteiger partial charge in [0.25, 0.3) is 0 Å². The summed E-state index contributed by atoms with van der Waals surface area (Å²) in [5.74, 6) is 1.33. The fraction of sp³-hybridized carbons (Fsp3) is 0.562. The summed E-state index contributed by atoms with van der Waals surface area (Å²) in [5, 5.41) is 9.47. The zero-order valence-electron chi connectivity index (χ0n) is 12.2. The third kappa shape index (κ3) is 2.74. The quantitative estimate of drug-likeness (QED) is 0.833. The van der Waals surface area contributed by atoms with Gasteiger partial charge in [-0.05, 0) is 37.2 Å². The average Bonchev–Trinajstić information content (AvgIpc) is 2.81. The lowest BCUT2D eigenvalue weighted by molar-refractivity contribution is 0.210. The average molecular weight is 258 g/mol. The van der Waals surface area contributed by atoms with Crippen LogP contribution in [0.4, 0.5) is 0 Å². The standard InChI is InChI=1S/C16H22N2O/c1-11(2)14(10-17)16(18(3)4)13-5-6-15-12(9-13)7-8-19-15/h5-6,9,11,14,16H,7-8H2,1-4H3. The van der Waals surface area contributed by atoms with Crippen LogP contribution in [0.2, 0.25) is 0 Å². The molecule has 0 fully saturated rings. The van der Waals surface area contributed by atoms with Crippen LogP contribution in [0.3, 0.4) is 0 Å². The molecular weight excluding hydrogens is 236 g/mol. The highest BCUT2D eigenvalue weighted by atomic mass is 16.5. The molecule has 2 atom stereocenters. The number of fused-ring (bicyclic) bond motifs is 1. The molecule has 0 saturated carbocycles. The van der Waals surface area contributed by atoms with E-state index in [1.165, 1.54) is 11.1 Å². The summed E-state index contributed by atoms with van der Waals surface area (Å²) in [6.07, 6.45) is 0.974. The Bertz CT molecular complexity index is 488. The number of hydrogen-bond acceptors (Lipinski definition) is 3. The highest BCUT2D eigenvalue weighted by molar-refractivity contribution is 5.41. The van der Waals surface area contributed by atoms with E-state index in [0.717, 1.165) is 18.8 Å². The number of ether oxygens (including phenoxy) is 1. The van der Waals surface area contributed by atoms with E-state index >= 15 is 0 Å². The van der Waals surface area contributed by atoms with Crippen LogP contribution in [0.1, 0.15) is 31.0 Å². The molecule has 1 aromatic rings. The first-order valence-corrected chi connectivity index (χ1v) is 6.86. The molecule has 0 N–H and O–H groups in total. The van der Waals surface area contributed by atoms with Gasteiger partial charge in [-0.2, -0.15) is 5.26 Å². The van der Waals surface area contributed by atoms with Crippen LogP contribution in [-0.4, -0.2) is 25.6 Å². The molecule has 0 amide bonds. The second-order valence-corrected chi connectivity index (χ2v) is 5.77. The minimum absolute atomic E-state index is 0.00429. The largest absolute Gasteiger partial charge is 0.493 e. The smallest absolute Gasteiger partial charge is 0.122 e. The Morgan fingerprint density at radius 3 is 2.63 bits per heavy atom. The van der Waals surface area contributed by atoms with Crippen molar-refractivity contribution < 1.29 is 4.74 Å². The third-order valence-corrected chi connectivity index (χ3v) is 3.82. The summed E-state index contributed by atoms with van der Waals surface area (Å²) in [4.78, 5) is 2.14. The van der Waals surface area contributed by atoms with Crippen LogP contribution >= 0.6 is 0 Å². The Balaban J connectivity index is 2.37. The van der Waals surface area contributed by atoms with Crippen molar-refractivity contribution in [2.75, 3.05) is 20.7 Å². The third-order valence-electron chi connectivity index (χ3n) is 3.82. The summed E-state index contributed by atoms with van der Waals surface area (Å²) < 4.78 is 5.55. The predicted octanol–water partition coefficient (Wildman–Crippen LogP) is 3.02. The van der Waals surface area contributed by atoms with Crippen molar-refractivity contribution in [1.82, 2.24) is 4.90 Å². The highest BCUT2D eigenvalue weighted by Gasteiger charge is 2.28. The Morgan fingerprint density at radius 2 is 2.05 bits per heavy atom. The van der Waals surface area contributed by atoms with Gasteiger partial charge < -0.3 is 9.64 Å². The summed E-state index contributed by atoms with van der Waals surface area (Å²) in [5.41, 5.74) is 2.49. The zero-order valence-corrected chi connectivity index (χ0v) is 12.2. The molecule has 1 aromatic carbocycles. The van der Waals surface area contributed by atoms with Gasteiger partial charge in [0.05, 0.1) is 24.6 Å². The SMILES string of the molecule is CC(C)C(C#N)C(c1ccc2c(c1)CCO2)N(C)C. The van der Waals surface area contributed by atoms with E-state index in [0.29, 0.717) is 5.92 Å². The van der Waals surface area contributed by atoms with Gasteiger partial charge in [-0.3, -0.25) is 0 Å². The Hall–Kier alpha value is -1.53. The van der Waals surface area contributed by atoms with Gasteiger partial charge in [-0.15, -0.1) is 0 Å². The van der Waals surface area contributed by atoms with Gasteiger partial charge in [0, 0.05) is 6.42 Å². The number of hydrogen-bond donors (Lipinski definition) is 0. The molecule has 3 nitrogen and oxygen atoms in total. The summed E-state index contributed by atoms with van der Waals surface area (Å²) in [6, 6.07) is 8.96. The molecule has 1 heterocycles. The molecular formula is C16H22N2O. The molecule has 0 spiro atoms. The van der Waals surface area contributed by atoms with E-state index in [2.05, 4.69) is 36.9 Å². The van der Waals surface area contributed by atoms with E-state index in [1.54, 1.807) is 0 Å². The normalized spacial score (nSPS) is 16.9. The fourth-order valence-corrected chi connectivity index (χ4v) is 2.80. The van der Waals surface area contributed by atoms with Crippen molar-refractivity contribution in [3.8, 4) is 11.8 Å². The van der Waals surface area contributed by atoms with Gasteiger partial charge in [-0.1, -0.05) is 26.0 Å². The van der Waals surface area contributed by atoms with Crippen LogP contribution in [-0.2, 0) is 6.42 Å². The van der Waals surface area contributed by atoms with Crippen molar-refractivity contribution in [2.24, 2.45) is 11.8 Å². The molecule has 1 aliphatic heterocycles. The minimum Gasteiger partial charge on any atom is -0.493 e. The first kappa shape index (κ1) is 13.9. The molecule has 19 heavy (non-hydrogen) atoms. The maximum absolute atomic E-state index is 9.47. The minimum atomic E-state index is -0.00429. The first-order chi connectivity index (χ1) is 9.04. The van der Waals surface area contributed by atoms with Gasteiger partial charge >= 0.3 is 0 Å². The number of rotatable bonds is 4. The number of nitriles is 1. The molecule has 0 radical (unpaired) electrons. The van der Waals surface area contributed by atoms with Crippen LogP contribution in [0.15, 0.2) is 18.2 Å². The maximum Gasteiger partial charge on any atom is 0.122 e. The van der Waals surface area contributed by atoms with Crippen LogP contribution in [0.5, 0.6) is 5.75 Å². The van der Waals surface area contributed by atoms with E-state index in [4.69, 9.17) is 4.74 Å². The van der Waals surface area contributed by atoms with Crippen molar-refractivity contribution in [2.45, 2.75) is 26.3 Å². The molecule has 0 aromatic heterocycles. The lowest BCUT2D eigenvalue weighted by atomic mass is 9.84. The van der Waals surface area contributed by atoms with E-state index in [1.807, 2.05) is 20.2 Å². The molecule has 0 saturated heterocycles. The maximum atomic E-state index is 9.47. The molecule has 0 bridgehead atoms. The van der Waals surface area contributed by atoms with E-state index in [-0.39, 0.29) is 12.0 Å². The van der Waals surface area contributed by atoms with Crippen molar-refractivity contribution in [3.63, 3.8) is 0 Å². The molecule has 3 heteroatoms. The summed E-state index contributed by atoms with van der Waals surface area (Å²) in [6.45, 7) is 5.00. The highest BCUT2D eigenvalue weighted by Crippen LogP contribution is 2.35. The van der Waals surface area contributed by atoms with Crippen molar-refractivity contribution >= 4 is 0 Å². The predicted molar refractivity (Wildman–Crippen MR) is 76.0 cm³/mol. The van der Waals surface area contributed by atoms with E-state index < -0.39 is 0 Å². The van der Waals surface area contributed by atoms with Crippen molar-refractivity contribution in [3.05, 3.63) is 29.3 Å². The molecule has 2 rings (SSSR count). The van der Waals surface area contributed by atoms with Crippen molar-refractivity contribution in [1.29, 1.82) is 5.26 Å². The first-order valence-electron chi connectivity index (χ1n) is 6.86. The topological polar surface area (TPSA) is 36.3 Å². The molecule has 102 valence electrons. The summed E-state index contributed by atoms with van der Waals surface area (Å²) in [7, 11) is 4.09. The lowest BCUT2D eigenvalue weighted by Gasteiger charge is -2.31.